The number of amides is 1. The van der Waals surface area contributed by atoms with Gasteiger partial charge in [-0.3, -0.25) is 14.1 Å². The summed E-state index contributed by atoms with van der Waals surface area (Å²) in [7, 11) is -3.68. The number of halogens is 3. The summed E-state index contributed by atoms with van der Waals surface area (Å²) in [6.45, 7) is 0.0849. The maximum absolute atomic E-state index is 12.9. The lowest BCUT2D eigenvalue weighted by Gasteiger charge is -2.24. The van der Waals surface area contributed by atoms with E-state index in [1.54, 1.807) is 0 Å². The van der Waals surface area contributed by atoms with Crippen molar-refractivity contribution < 1.29 is 26.4 Å². The molecule has 1 aromatic heterocycles. The third-order valence-corrected chi connectivity index (χ3v) is 6.94. The molecule has 0 fully saturated rings. The molecule has 2 N–H and O–H groups in total. The molecule has 0 spiro atoms. The molecule has 0 radical (unpaired) electrons. The Bertz CT molecular complexity index is 1500. The molecule has 0 saturated carbocycles. The molecule has 4 aromatic rings. The molecule has 0 saturated heterocycles. The van der Waals surface area contributed by atoms with Crippen molar-refractivity contribution in [3.8, 4) is 0 Å². The fraction of sp³-hybridized carbons (Fsp3) is 0.154. The van der Waals surface area contributed by atoms with E-state index in [-0.39, 0.29) is 12.1 Å². The minimum Gasteiger partial charge on any atom is -0.369 e. The molecule has 36 heavy (non-hydrogen) atoms. The van der Waals surface area contributed by atoms with E-state index in [9.17, 15) is 26.4 Å². The molecule has 0 bridgehead atoms. The molecule has 1 atom stereocenters. The van der Waals surface area contributed by atoms with Crippen molar-refractivity contribution in [2.45, 2.75) is 18.6 Å². The SMILES string of the molecule is CS(=O)(=O)N(Cc1cccc2ccccc12)c1ccc(C(C(N)=O)c2ccc(C(F)(F)F)nc2)cc1. The quantitative estimate of drug-likeness (QED) is 0.383. The molecular formula is C26H22F3N3O3S. The minimum absolute atomic E-state index is 0.0849. The molecule has 1 heterocycles. The second-order valence-corrected chi connectivity index (χ2v) is 10.2. The normalized spacial score (nSPS) is 12.9. The van der Waals surface area contributed by atoms with E-state index in [4.69, 9.17) is 5.73 Å². The lowest BCUT2D eigenvalue weighted by molar-refractivity contribution is -0.141. The van der Waals surface area contributed by atoms with Gasteiger partial charge in [0.15, 0.2) is 0 Å². The van der Waals surface area contributed by atoms with E-state index in [0.29, 0.717) is 11.3 Å². The summed E-state index contributed by atoms with van der Waals surface area (Å²) < 4.78 is 65.2. The van der Waals surface area contributed by atoms with Crippen LogP contribution in [0.2, 0.25) is 0 Å². The van der Waals surface area contributed by atoms with Crippen LogP contribution in [-0.4, -0.2) is 25.6 Å². The van der Waals surface area contributed by atoms with Crippen molar-refractivity contribution in [2.24, 2.45) is 5.73 Å². The molecule has 186 valence electrons. The molecule has 3 aromatic carbocycles. The molecule has 0 aliphatic rings. The Hall–Kier alpha value is -3.92. The van der Waals surface area contributed by atoms with Gasteiger partial charge < -0.3 is 5.73 Å². The van der Waals surface area contributed by atoms with Gasteiger partial charge in [-0.1, -0.05) is 60.7 Å². The number of alkyl halides is 3. The van der Waals surface area contributed by atoms with Gasteiger partial charge in [0, 0.05) is 6.20 Å². The first kappa shape index (κ1) is 25.2. The van der Waals surface area contributed by atoms with E-state index in [1.807, 2.05) is 42.5 Å². The number of carbonyl (C=O) groups is 1. The number of aromatic nitrogens is 1. The Morgan fingerprint density at radius 2 is 1.58 bits per heavy atom. The van der Waals surface area contributed by atoms with Gasteiger partial charge in [-0.15, -0.1) is 0 Å². The number of benzene rings is 3. The second kappa shape index (κ2) is 9.62. The zero-order chi connectivity index (χ0) is 26.1. The highest BCUT2D eigenvalue weighted by Crippen LogP contribution is 2.31. The number of carbonyl (C=O) groups excluding carboxylic acids is 1. The smallest absolute Gasteiger partial charge is 0.369 e. The highest BCUT2D eigenvalue weighted by molar-refractivity contribution is 7.92. The average Bonchev–Trinajstić information content (AvgIpc) is 2.82. The highest BCUT2D eigenvalue weighted by Gasteiger charge is 2.33. The third kappa shape index (κ3) is 5.33. The maximum atomic E-state index is 12.9. The van der Waals surface area contributed by atoms with Crippen LogP contribution in [0.5, 0.6) is 0 Å². The van der Waals surface area contributed by atoms with Gasteiger partial charge in [0.25, 0.3) is 0 Å². The zero-order valence-electron chi connectivity index (χ0n) is 19.1. The number of hydrogen-bond donors (Lipinski definition) is 1. The molecule has 10 heteroatoms. The zero-order valence-corrected chi connectivity index (χ0v) is 19.9. The van der Waals surface area contributed by atoms with Gasteiger partial charge in [-0.25, -0.2) is 8.42 Å². The Balaban J connectivity index is 1.67. The fourth-order valence-electron chi connectivity index (χ4n) is 4.08. The standard InChI is InChI=1S/C26H22F3N3O3S/c1-36(34,35)32(16-20-7-4-6-17-5-2-3-8-22(17)20)21-12-9-18(10-13-21)24(25(30)33)19-11-14-23(31-15-19)26(27,28)29/h2-15,24H,16H2,1H3,(H2,30,33). The first-order valence-corrected chi connectivity index (χ1v) is 12.7. The van der Waals surface area contributed by atoms with Crippen molar-refractivity contribution in [1.29, 1.82) is 0 Å². The maximum Gasteiger partial charge on any atom is 0.433 e. The van der Waals surface area contributed by atoms with Crippen molar-refractivity contribution in [1.82, 2.24) is 4.98 Å². The van der Waals surface area contributed by atoms with Crippen LogP contribution in [0.25, 0.3) is 10.8 Å². The predicted octanol–water partition coefficient (Wildman–Crippen LogP) is 4.84. The van der Waals surface area contributed by atoms with E-state index < -0.39 is 33.7 Å². The largest absolute Gasteiger partial charge is 0.433 e. The monoisotopic (exact) mass is 513 g/mol. The van der Waals surface area contributed by atoms with Crippen molar-refractivity contribution in [3.63, 3.8) is 0 Å². The summed E-state index contributed by atoms with van der Waals surface area (Å²) >= 11 is 0. The number of nitrogens with two attached hydrogens (primary N) is 1. The van der Waals surface area contributed by atoms with E-state index >= 15 is 0 Å². The van der Waals surface area contributed by atoms with Crippen molar-refractivity contribution >= 4 is 32.4 Å². The molecular weight excluding hydrogens is 491 g/mol. The lowest BCUT2D eigenvalue weighted by Crippen LogP contribution is -2.29. The highest BCUT2D eigenvalue weighted by atomic mass is 32.2. The second-order valence-electron chi connectivity index (χ2n) is 8.31. The van der Waals surface area contributed by atoms with Crippen molar-refractivity contribution in [2.75, 3.05) is 10.6 Å². The molecule has 6 nitrogen and oxygen atoms in total. The molecule has 1 amide bonds. The summed E-state index contributed by atoms with van der Waals surface area (Å²) in [5, 5.41) is 1.90. The third-order valence-electron chi connectivity index (χ3n) is 5.80. The van der Waals surface area contributed by atoms with Gasteiger partial charge >= 0.3 is 6.18 Å². The molecule has 0 aliphatic heterocycles. The van der Waals surface area contributed by atoms with Gasteiger partial charge in [0.1, 0.15) is 5.69 Å². The summed E-state index contributed by atoms with van der Waals surface area (Å²) in [5.41, 5.74) is 6.24. The van der Waals surface area contributed by atoms with Crippen LogP contribution >= 0.6 is 0 Å². The molecule has 1 unspecified atom stereocenters. The number of pyridine rings is 1. The Labute approximate surface area is 206 Å². The van der Waals surface area contributed by atoms with Crippen LogP contribution in [-0.2, 0) is 27.5 Å². The van der Waals surface area contributed by atoms with Gasteiger partial charge in [-0.05, 0) is 45.7 Å². The number of nitrogens with zero attached hydrogens (tertiary/aromatic N) is 2. The van der Waals surface area contributed by atoms with E-state index in [2.05, 4.69) is 4.98 Å². The minimum atomic E-state index is -4.61. The number of primary amides is 1. The summed E-state index contributed by atoms with van der Waals surface area (Å²) in [6.07, 6.45) is -2.54. The van der Waals surface area contributed by atoms with Gasteiger partial charge in [-0.2, -0.15) is 13.2 Å². The van der Waals surface area contributed by atoms with Crippen LogP contribution in [0.15, 0.2) is 85.1 Å². The van der Waals surface area contributed by atoms with Crippen LogP contribution in [0.4, 0.5) is 18.9 Å². The van der Waals surface area contributed by atoms with Crippen LogP contribution < -0.4 is 10.0 Å². The average molecular weight is 514 g/mol. The number of sulfonamides is 1. The number of fused-ring (bicyclic) bond motifs is 1. The summed E-state index contributed by atoms with van der Waals surface area (Å²) in [6, 6.07) is 21.4. The summed E-state index contributed by atoms with van der Waals surface area (Å²) in [4.78, 5) is 15.6. The predicted molar refractivity (Wildman–Crippen MR) is 132 cm³/mol. The number of anilines is 1. The van der Waals surface area contributed by atoms with Crippen LogP contribution in [0.1, 0.15) is 28.3 Å². The Morgan fingerprint density at radius 3 is 2.17 bits per heavy atom. The van der Waals surface area contributed by atoms with E-state index in [1.165, 1.54) is 28.6 Å². The molecule has 4 rings (SSSR count). The Morgan fingerprint density at radius 1 is 0.944 bits per heavy atom. The lowest BCUT2D eigenvalue weighted by atomic mass is 9.91. The van der Waals surface area contributed by atoms with Gasteiger partial charge in [0.2, 0.25) is 15.9 Å². The first-order chi connectivity index (χ1) is 16.9. The van der Waals surface area contributed by atoms with E-state index in [0.717, 1.165) is 40.9 Å². The molecule has 0 aliphatic carbocycles. The van der Waals surface area contributed by atoms with Crippen LogP contribution in [0, 0.1) is 0 Å². The van der Waals surface area contributed by atoms with Gasteiger partial charge in [0.05, 0.1) is 24.4 Å². The summed E-state index contributed by atoms with van der Waals surface area (Å²) in [5.74, 6) is -1.83. The fourth-order valence-corrected chi connectivity index (χ4v) is 4.96. The Kier molecular flexibility index (Phi) is 6.73. The number of hydrogen-bond acceptors (Lipinski definition) is 4. The topological polar surface area (TPSA) is 93.4 Å². The first-order valence-electron chi connectivity index (χ1n) is 10.8. The van der Waals surface area contributed by atoms with Crippen molar-refractivity contribution in [3.05, 3.63) is 107 Å². The van der Waals surface area contributed by atoms with Crippen LogP contribution in [0.3, 0.4) is 0 Å². The number of rotatable bonds is 7.